The van der Waals surface area contributed by atoms with Crippen LogP contribution < -0.4 is 15.8 Å². The van der Waals surface area contributed by atoms with E-state index in [1.165, 1.54) is 12.1 Å². The number of anilines is 1. The van der Waals surface area contributed by atoms with Gasteiger partial charge in [0.2, 0.25) is 5.91 Å². The van der Waals surface area contributed by atoms with Gasteiger partial charge in [-0.2, -0.15) is 0 Å². The Morgan fingerprint density at radius 2 is 2.20 bits per heavy atom. The summed E-state index contributed by atoms with van der Waals surface area (Å²) in [5.41, 5.74) is 5.58. The summed E-state index contributed by atoms with van der Waals surface area (Å²) in [6.45, 7) is 4.10. The average Bonchev–Trinajstić information content (AvgIpc) is 2.40. The minimum atomic E-state index is -0.675. The van der Waals surface area contributed by atoms with Crippen LogP contribution in [0, 0.1) is 10.1 Å². The predicted molar refractivity (Wildman–Crippen MR) is 75.8 cm³/mol. The number of benzene rings is 1. The monoisotopic (exact) mass is 281 g/mol. The minimum Gasteiger partial charge on any atom is -0.494 e. The van der Waals surface area contributed by atoms with Crippen LogP contribution in [0.15, 0.2) is 18.2 Å². The third kappa shape index (κ3) is 4.20. The highest BCUT2D eigenvalue weighted by Gasteiger charge is 2.20. The van der Waals surface area contributed by atoms with Crippen LogP contribution in [0.5, 0.6) is 5.75 Å². The molecular formula is C13H19N3O4. The number of hydrogen-bond acceptors (Lipinski definition) is 5. The molecule has 0 saturated heterocycles. The van der Waals surface area contributed by atoms with E-state index in [0.717, 1.165) is 6.42 Å². The van der Waals surface area contributed by atoms with Gasteiger partial charge in [-0.15, -0.1) is 0 Å². The molecule has 110 valence electrons. The molecule has 0 bridgehead atoms. The van der Waals surface area contributed by atoms with Gasteiger partial charge in [0.15, 0.2) is 0 Å². The van der Waals surface area contributed by atoms with Crippen molar-refractivity contribution >= 4 is 17.3 Å². The Balaban J connectivity index is 2.94. The average molecular weight is 281 g/mol. The van der Waals surface area contributed by atoms with Crippen molar-refractivity contribution in [1.29, 1.82) is 0 Å². The Morgan fingerprint density at radius 1 is 1.50 bits per heavy atom. The molecule has 0 aliphatic carbocycles. The number of amides is 1. The zero-order valence-corrected chi connectivity index (χ0v) is 11.6. The third-order valence-corrected chi connectivity index (χ3v) is 2.67. The number of nitro groups is 1. The largest absolute Gasteiger partial charge is 0.494 e. The summed E-state index contributed by atoms with van der Waals surface area (Å²) in [7, 11) is 0. The predicted octanol–water partition coefficient (Wildman–Crippen LogP) is 2.06. The molecule has 7 heteroatoms. The number of nitrogens with two attached hydrogens (primary N) is 1. The van der Waals surface area contributed by atoms with Gasteiger partial charge in [0, 0.05) is 0 Å². The van der Waals surface area contributed by atoms with Crippen molar-refractivity contribution in [3.05, 3.63) is 28.3 Å². The summed E-state index contributed by atoms with van der Waals surface area (Å²) in [6.07, 6.45) is 1.29. The number of rotatable bonds is 7. The Kier molecular flexibility index (Phi) is 5.92. The molecule has 1 aromatic rings. The van der Waals surface area contributed by atoms with E-state index in [-0.39, 0.29) is 11.4 Å². The summed E-state index contributed by atoms with van der Waals surface area (Å²) in [5, 5.41) is 13.5. The topological polar surface area (TPSA) is 107 Å². The van der Waals surface area contributed by atoms with Gasteiger partial charge in [-0.05, 0) is 25.5 Å². The van der Waals surface area contributed by atoms with E-state index in [4.69, 9.17) is 10.5 Å². The van der Waals surface area contributed by atoms with Gasteiger partial charge < -0.3 is 15.8 Å². The second kappa shape index (κ2) is 7.44. The first-order valence-electron chi connectivity index (χ1n) is 6.47. The Bertz CT molecular complexity index is 491. The molecule has 0 aliphatic rings. The molecule has 0 aromatic heterocycles. The summed E-state index contributed by atoms with van der Waals surface area (Å²) in [4.78, 5) is 22.3. The number of carbonyl (C=O) groups is 1. The van der Waals surface area contributed by atoms with E-state index in [1.54, 1.807) is 13.0 Å². The van der Waals surface area contributed by atoms with Crippen molar-refractivity contribution in [2.24, 2.45) is 5.73 Å². The summed E-state index contributed by atoms with van der Waals surface area (Å²) in [6, 6.07) is 3.62. The fourth-order valence-electron chi connectivity index (χ4n) is 1.69. The quantitative estimate of drug-likeness (QED) is 0.587. The highest BCUT2D eigenvalue weighted by Crippen LogP contribution is 2.29. The maximum absolute atomic E-state index is 11.8. The van der Waals surface area contributed by atoms with Crippen LogP contribution in [-0.2, 0) is 4.79 Å². The van der Waals surface area contributed by atoms with Crippen LogP contribution in [0.2, 0.25) is 0 Å². The van der Waals surface area contributed by atoms with Crippen molar-refractivity contribution in [1.82, 2.24) is 0 Å². The van der Waals surface area contributed by atoms with Crippen molar-refractivity contribution in [3.8, 4) is 5.75 Å². The highest BCUT2D eigenvalue weighted by atomic mass is 16.6. The molecule has 1 rings (SSSR count). The Labute approximate surface area is 117 Å². The molecule has 1 amide bonds. The third-order valence-electron chi connectivity index (χ3n) is 2.67. The van der Waals surface area contributed by atoms with E-state index < -0.39 is 16.9 Å². The molecule has 0 heterocycles. The van der Waals surface area contributed by atoms with E-state index in [0.29, 0.717) is 18.8 Å². The fraction of sp³-hybridized carbons (Fsp3) is 0.462. The molecular weight excluding hydrogens is 262 g/mol. The molecule has 0 spiro atoms. The summed E-state index contributed by atoms with van der Waals surface area (Å²) >= 11 is 0. The summed E-state index contributed by atoms with van der Waals surface area (Å²) < 4.78 is 5.20. The SMILES string of the molecule is CCC[C@H](N)C(=O)Nc1ccc(OCC)cc1[N+](=O)[O-]. The first-order chi connectivity index (χ1) is 9.49. The van der Waals surface area contributed by atoms with Gasteiger partial charge in [0.05, 0.1) is 23.6 Å². The number of nitrogens with zero attached hydrogens (tertiary/aromatic N) is 1. The lowest BCUT2D eigenvalue weighted by molar-refractivity contribution is -0.384. The second-order valence-corrected chi connectivity index (χ2v) is 4.25. The number of nitro benzene ring substituents is 1. The maximum atomic E-state index is 11.8. The van der Waals surface area contributed by atoms with Gasteiger partial charge in [0.1, 0.15) is 11.4 Å². The van der Waals surface area contributed by atoms with Gasteiger partial charge in [-0.25, -0.2) is 0 Å². The van der Waals surface area contributed by atoms with Crippen molar-refractivity contribution in [2.75, 3.05) is 11.9 Å². The van der Waals surface area contributed by atoms with Gasteiger partial charge >= 0.3 is 0 Å². The van der Waals surface area contributed by atoms with E-state index in [2.05, 4.69) is 5.32 Å². The Morgan fingerprint density at radius 3 is 2.75 bits per heavy atom. The molecule has 0 fully saturated rings. The normalized spacial score (nSPS) is 11.8. The van der Waals surface area contributed by atoms with Crippen molar-refractivity contribution < 1.29 is 14.5 Å². The lowest BCUT2D eigenvalue weighted by Crippen LogP contribution is -2.35. The lowest BCUT2D eigenvalue weighted by atomic mass is 10.1. The number of carbonyl (C=O) groups excluding carboxylic acids is 1. The highest BCUT2D eigenvalue weighted by molar-refractivity contribution is 5.96. The van der Waals surface area contributed by atoms with Crippen LogP contribution in [0.3, 0.4) is 0 Å². The molecule has 0 unspecified atom stereocenters. The van der Waals surface area contributed by atoms with E-state index >= 15 is 0 Å². The molecule has 0 saturated carbocycles. The van der Waals surface area contributed by atoms with Crippen molar-refractivity contribution in [3.63, 3.8) is 0 Å². The molecule has 0 aliphatic heterocycles. The lowest BCUT2D eigenvalue weighted by Gasteiger charge is -2.12. The second-order valence-electron chi connectivity index (χ2n) is 4.25. The first-order valence-corrected chi connectivity index (χ1v) is 6.47. The van der Waals surface area contributed by atoms with Gasteiger partial charge in [-0.1, -0.05) is 13.3 Å². The van der Waals surface area contributed by atoms with Crippen LogP contribution in [0.4, 0.5) is 11.4 Å². The maximum Gasteiger partial charge on any atom is 0.296 e. The number of ether oxygens (including phenoxy) is 1. The zero-order valence-electron chi connectivity index (χ0n) is 11.6. The molecule has 20 heavy (non-hydrogen) atoms. The number of nitrogens with one attached hydrogen (secondary N) is 1. The van der Waals surface area contributed by atoms with Crippen LogP contribution in [-0.4, -0.2) is 23.5 Å². The van der Waals surface area contributed by atoms with Crippen molar-refractivity contribution in [2.45, 2.75) is 32.7 Å². The van der Waals surface area contributed by atoms with E-state index in [1.807, 2.05) is 6.92 Å². The zero-order chi connectivity index (χ0) is 15.1. The summed E-state index contributed by atoms with van der Waals surface area (Å²) in [5.74, 6) is -0.0471. The molecule has 3 N–H and O–H groups in total. The fourth-order valence-corrected chi connectivity index (χ4v) is 1.69. The Hall–Kier alpha value is -2.15. The number of hydrogen-bond donors (Lipinski definition) is 2. The smallest absolute Gasteiger partial charge is 0.296 e. The van der Waals surface area contributed by atoms with E-state index in [9.17, 15) is 14.9 Å². The minimum absolute atomic E-state index is 0.120. The van der Waals surface area contributed by atoms with Gasteiger partial charge in [0.25, 0.3) is 5.69 Å². The molecule has 1 aromatic carbocycles. The van der Waals surface area contributed by atoms with Gasteiger partial charge in [-0.3, -0.25) is 14.9 Å². The molecule has 0 radical (unpaired) electrons. The standard InChI is InChI=1S/C13H19N3O4/c1-3-5-10(14)13(17)15-11-7-6-9(20-4-2)8-12(11)16(18)19/h6-8,10H,3-5,14H2,1-2H3,(H,15,17)/t10-/m0/s1. The first kappa shape index (κ1) is 15.9. The molecule has 7 nitrogen and oxygen atoms in total. The van der Waals surface area contributed by atoms with Crippen LogP contribution in [0.25, 0.3) is 0 Å². The van der Waals surface area contributed by atoms with Crippen LogP contribution in [0.1, 0.15) is 26.7 Å². The molecule has 1 atom stereocenters. The van der Waals surface area contributed by atoms with Crippen LogP contribution >= 0.6 is 0 Å².